The number of amides is 2. The first-order chi connectivity index (χ1) is 10.6. The van der Waals surface area contributed by atoms with Crippen LogP contribution in [0.15, 0.2) is 54.6 Å². The van der Waals surface area contributed by atoms with Gasteiger partial charge in [0.05, 0.1) is 5.69 Å². The highest BCUT2D eigenvalue weighted by Crippen LogP contribution is 2.19. The van der Waals surface area contributed by atoms with Gasteiger partial charge in [0.2, 0.25) is 0 Å². The highest BCUT2D eigenvalue weighted by Gasteiger charge is 2.15. The second-order valence-electron chi connectivity index (χ2n) is 4.40. The number of hydrogen-bond donors (Lipinski definition) is 2. The zero-order valence-electron chi connectivity index (χ0n) is 11.6. The number of carbonyl (C=O) groups is 3. The van der Waals surface area contributed by atoms with Crippen molar-refractivity contribution in [2.24, 2.45) is 5.73 Å². The molecule has 0 aliphatic rings. The van der Waals surface area contributed by atoms with Crippen molar-refractivity contribution < 1.29 is 19.1 Å². The lowest BCUT2D eigenvalue weighted by molar-refractivity contribution is -0.118. The summed E-state index contributed by atoms with van der Waals surface area (Å²) in [4.78, 5) is 34.6. The van der Waals surface area contributed by atoms with Crippen molar-refractivity contribution in [3.63, 3.8) is 0 Å². The minimum absolute atomic E-state index is 0.215. The Labute approximate surface area is 126 Å². The van der Waals surface area contributed by atoms with Crippen molar-refractivity contribution in [1.82, 2.24) is 0 Å². The molecule has 2 aromatic carbocycles. The van der Waals surface area contributed by atoms with Gasteiger partial charge in [-0.05, 0) is 12.1 Å². The summed E-state index contributed by atoms with van der Waals surface area (Å²) in [5, 5.41) is 2.52. The summed E-state index contributed by atoms with van der Waals surface area (Å²) in [6, 6.07) is 15.3. The number of carbonyl (C=O) groups excluding carboxylic acids is 3. The molecule has 112 valence electrons. The van der Waals surface area contributed by atoms with Crippen LogP contribution in [-0.2, 0) is 9.53 Å². The summed E-state index contributed by atoms with van der Waals surface area (Å²) in [6.07, 6.45) is -1.04. The van der Waals surface area contributed by atoms with E-state index in [0.717, 1.165) is 0 Å². The molecule has 0 unspecified atom stereocenters. The molecule has 3 N–H and O–H groups in total. The number of ether oxygens (including phenoxy) is 1. The number of rotatable bonds is 5. The average molecular weight is 298 g/mol. The summed E-state index contributed by atoms with van der Waals surface area (Å²) < 4.78 is 4.40. The van der Waals surface area contributed by atoms with E-state index in [0.29, 0.717) is 16.8 Å². The quantitative estimate of drug-likeness (QED) is 0.824. The van der Waals surface area contributed by atoms with Crippen LogP contribution >= 0.6 is 0 Å². The Hall–Kier alpha value is -3.15. The molecule has 0 saturated heterocycles. The van der Waals surface area contributed by atoms with Crippen LogP contribution in [0.5, 0.6) is 0 Å². The topological polar surface area (TPSA) is 98.5 Å². The fourth-order valence-corrected chi connectivity index (χ4v) is 1.86. The van der Waals surface area contributed by atoms with Crippen LogP contribution in [0.1, 0.15) is 15.9 Å². The van der Waals surface area contributed by atoms with E-state index in [1.54, 1.807) is 48.5 Å². The van der Waals surface area contributed by atoms with Crippen LogP contribution in [0.4, 0.5) is 10.5 Å². The first-order valence-corrected chi connectivity index (χ1v) is 6.49. The van der Waals surface area contributed by atoms with E-state index in [1.165, 1.54) is 0 Å². The van der Waals surface area contributed by atoms with E-state index < -0.39 is 18.6 Å². The van der Waals surface area contributed by atoms with Crippen molar-refractivity contribution in [3.05, 3.63) is 65.7 Å². The maximum atomic E-state index is 12.5. The zero-order chi connectivity index (χ0) is 15.9. The smallest absolute Gasteiger partial charge is 0.405 e. The molecule has 2 rings (SSSR count). The van der Waals surface area contributed by atoms with Gasteiger partial charge in [-0.2, -0.15) is 0 Å². The molecule has 6 nitrogen and oxygen atoms in total. The largest absolute Gasteiger partial charge is 0.440 e. The Morgan fingerprint density at radius 1 is 0.955 bits per heavy atom. The van der Waals surface area contributed by atoms with Crippen LogP contribution in [0, 0.1) is 0 Å². The monoisotopic (exact) mass is 298 g/mol. The number of ketones is 1. The van der Waals surface area contributed by atoms with Crippen molar-refractivity contribution >= 4 is 23.5 Å². The number of benzene rings is 2. The molecule has 0 radical (unpaired) electrons. The Morgan fingerprint density at radius 2 is 1.59 bits per heavy atom. The summed E-state index contributed by atoms with van der Waals surface area (Å²) in [5.41, 5.74) is 5.99. The third-order valence-corrected chi connectivity index (χ3v) is 2.83. The Balaban J connectivity index is 2.18. The average Bonchev–Trinajstić information content (AvgIpc) is 2.53. The number of nitrogens with two attached hydrogens (primary N) is 1. The maximum Gasteiger partial charge on any atom is 0.405 e. The van der Waals surface area contributed by atoms with Gasteiger partial charge in [0, 0.05) is 11.1 Å². The van der Waals surface area contributed by atoms with E-state index in [1.807, 2.05) is 6.07 Å². The molecule has 22 heavy (non-hydrogen) atoms. The van der Waals surface area contributed by atoms with Crippen molar-refractivity contribution in [1.29, 1.82) is 0 Å². The van der Waals surface area contributed by atoms with Gasteiger partial charge in [0.1, 0.15) is 0 Å². The molecule has 0 fully saturated rings. The minimum Gasteiger partial charge on any atom is -0.440 e. The predicted molar refractivity (Wildman–Crippen MR) is 80.5 cm³/mol. The summed E-state index contributed by atoms with van der Waals surface area (Å²) in [7, 11) is 0. The lowest BCUT2D eigenvalue weighted by Crippen LogP contribution is -2.24. The molecule has 0 aliphatic carbocycles. The van der Waals surface area contributed by atoms with E-state index in [2.05, 4.69) is 10.1 Å². The molecule has 0 atom stereocenters. The summed E-state index contributed by atoms with van der Waals surface area (Å²) in [5.74, 6) is -0.792. The molecule has 0 aliphatic heterocycles. The SMILES string of the molecule is NC(=O)OCC(=O)Nc1ccccc1C(=O)c1ccccc1. The number of para-hydroxylation sites is 1. The normalized spacial score (nSPS) is 9.82. The van der Waals surface area contributed by atoms with Gasteiger partial charge in [-0.3, -0.25) is 9.59 Å². The van der Waals surface area contributed by atoms with Gasteiger partial charge >= 0.3 is 6.09 Å². The van der Waals surface area contributed by atoms with E-state index in [9.17, 15) is 14.4 Å². The molecule has 0 saturated carbocycles. The number of anilines is 1. The summed E-state index contributed by atoms with van der Waals surface area (Å²) >= 11 is 0. The predicted octanol–water partition coefficient (Wildman–Crippen LogP) is 1.95. The molecule has 2 amide bonds. The van der Waals surface area contributed by atoms with Gasteiger partial charge in [-0.15, -0.1) is 0 Å². The Kier molecular flexibility index (Phi) is 4.87. The van der Waals surface area contributed by atoms with Crippen LogP contribution in [0.2, 0.25) is 0 Å². The second-order valence-corrected chi connectivity index (χ2v) is 4.40. The number of hydrogen-bond acceptors (Lipinski definition) is 4. The van der Waals surface area contributed by atoms with Crippen molar-refractivity contribution in [2.45, 2.75) is 0 Å². The standard InChI is InChI=1S/C16H14N2O4/c17-16(21)22-10-14(19)18-13-9-5-4-8-12(13)15(20)11-6-2-1-3-7-11/h1-9H,10H2,(H2,17,21)(H,18,19). The molecular weight excluding hydrogens is 284 g/mol. The molecule has 2 aromatic rings. The Morgan fingerprint density at radius 3 is 2.27 bits per heavy atom. The lowest BCUT2D eigenvalue weighted by atomic mass is 10.0. The third kappa shape index (κ3) is 3.92. The van der Waals surface area contributed by atoms with Crippen LogP contribution < -0.4 is 11.1 Å². The highest BCUT2D eigenvalue weighted by atomic mass is 16.5. The molecule has 6 heteroatoms. The van der Waals surface area contributed by atoms with Gasteiger partial charge in [-0.1, -0.05) is 42.5 Å². The molecular formula is C16H14N2O4. The van der Waals surface area contributed by atoms with E-state index >= 15 is 0 Å². The molecule has 0 bridgehead atoms. The molecule has 0 aromatic heterocycles. The van der Waals surface area contributed by atoms with Gasteiger partial charge in [-0.25, -0.2) is 4.79 Å². The van der Waals surface area contributed by atoms with Crippen LogP contribution in [0.25, 0.3) is 0 Å². The van der Waals surface area contributed by atoms with Crippen molar-refractivity contribution in [3.8, 4) is 0 Å². The van der Waals surface area contributed by atoms with Gasteiger partial charge in [0.15, 0.2) is 12.4 Å². The third-order valence-electron chi connectivity index (χ3n) is 2.83. The van der Waals surface area contributed by atoms with Crippen LogP contribution in [-0.4, -0.2) is 24.4 Å². The number of nitrogens with one attached hydrogen (secondary N) is 1. The molecule has 0 heterocycles. The number of primary amides is 1. The zero-order valence-corrected chi connectivity index (χ0v) is 11.6. The molecule has 0 spiro atoms. The first-order valence-electron chi connectivity index (χ1n) is 6.49. The first kappa shape index (κ1) is 15.2. The van der Waals surface area contributed by atoms with E-state index in [4.69, 9.17) is 5.73 Å². The van der Waals surface area contributed by atoms with Gasteiger partial charge in [0.25, 0.3) is 5.91 Å². The fraction of sp³-hybridized carbons (Fsp3) is 0.0625. The minimum atomic E-state index is -1.04. The fourth-order valence-electron chi connectivity index (χ4n) is 1.86. The van der Waals surface area contributed by atoms with Gasteiger partial charge < -0.3 is 15.8 Å². The van der Waals surface area contributed by atoms with Crippen LogP contribution in [0.3, 0.4) is 0 Å². The highest BCUT2D eigenvalue weighted by molar-refractivity contribution is 6.13. The lowest BCUT2D eigenvalue weighted by Gasteiger charge is -2.10. The second kappa shape index (κ2) is 7.03. The van der Waals surface area contributed by atoms with Crippen molar-refractivity contribution in [2.75, 3.05) is 11.9 Å². The van der Waals surface area contributed by atoms with E-state index in [-0.39, 0.29) is 5.78 Å². The summed E-state index contributed by atoms with van der Waals surface area (Å²) in [6.45, 7) is -0.511. The Bertz CT molecular complexity index is 698. The maximum absolute atomic E-state index is 12.5.